The molecule has 1 aromatic carbocycles. The molecule has 0 amide bonds. The van der Waals surface area contributed by atoms with E-state index in [0.717, 1.165) is 0 Å². The number of benzene rings is 1. The number of aromatic nitrogens is 1. The van der Waals surface area contributed by atoms with Gasteiger partial charge >= 0.3 is 5.97 Å². The topological polar surface area (TPSA) is 74.4 Å². The summed E-state index contributed by atoms with van der Waals surface area (Å²) in [5.41, 5.74) is 6.66. The van der Waals surface area contributed by atoms with Crippen molar-refractivity contribution in [2.45, 2.75) is 6.61 Å². The normalized spacial score (nSPS) is 10.2. The molecule has 0 bridgehead atoms. The highest BCUT2D eigenvalue weighted by molar-refractivity contribution is 6.43. The maximum Gasteiger partial charge on any atom is 0.338 e. The molecule has 0 aliphatic heterocycles. The first-order valence-corrected chi connectivity index (χ1v) is 6.68. The molecular formula is C14H12Cl2N2O3. The number of carbonyl (C=O) groups excluding carboxylic acids is 1. The number of esters is 1. The Bertz CT molecular complexity index is 654. The molecule has 2 aromatic rings. The second-order valence-corrected chi connectivity index (χ2v) is 4.89. The van der Waals surface area contributed by atoms with Gasteiger partial charge in [0.15, 0.2) is 0 Å². The molecule has 0 radical (unpaired) electrons. The summed E-state index contributed by atoms with van der Waals surface area (Å²) in [7, 11) is 1.51. The van der Waals surface area contributed by atoms with E-state index in [1.807, 2.05) is 0 Å². The van der Waals surface area contributed by atoms with Crippen molar-refractivity contribution in [2.75, 3.05) is 12.8 Å². The molecule has 0 saturated heterocycles. The second kappa shape index (κ2) is 6.65. The molecule has 0 saturated carbocycles. The molecule has 0 aliphatic carbocycles. The number of hydrogen-bond donors (Lipinski definition) is 1. The zero-order valence-electron chi connectivity index (χ0n) is 11.1. The van der Waals surface area contributed by atoms with Crippen LogP contribution in [0.4, 0.5) is 5.69 Å². The van der Waals surface area contributed by atoms with Gasteiger partial charge in [-0.05, 0) is 18.2 Å². The lowest BCUT2D eigenvalue weighted by molar-refractivity contribution is 0.0467. The highest BCUT2D eigenvalue weighted by atomic mass is 35.5. The van der Waals surface area contributed by atoms with E-state index in [1.54, 1.807) is 18.2 Å². The number of rotatable bonds is 4. The Kier molecular flexibility index (Phi) is 4.88. The minimum Gasteiger partial charge on any atom is -0.481 e. The molecule has 2 rings (SSSR count). The zero-order valence-corrected chi connectivity index (χ0v) is 12.6. The van der Waals surface area contributed by atoms with Crippen molar-refractivity contribution in [1.29, 1.82) is 0 Å². The Hall–Kier alpha value is -1.98. The number of pyridine rings is 1. The third-order valence-electron chi connectivity index (χ3n) is 2.63. The van der Waals surface area contributed by atoms with E-state index in [4.69, 9.17) is 38.4 Å². The van der Waals surface area contributed by atoms with E-state index in [9.17, 15) is 4.79 Å². The Morgan fingerprint density at radius 3 is 2.76 bits per heavy atom. The van der Waals surface area contributed by atoms with Gasteiger partial charge in [0.2, 0.25) is 5.88 Å². The van der Waals surface area contributed by atoms with Crippen LogP contribution in [-0.2, 0) is 11.3 Å². The highest BCUT2D eigenvalue weighted by Gasteiger charge is 2.13. The maximum absolute atomic E-state index is 11.9. The molecule has 0 fully saturated rings. The average molecular weight is 327 g/mol. The maximum atomic E-state index is 11.9. The fourth-order valence-electron chi connectivity index (χ4n) is 1.60. The van der Waals surface area contributed by atoms with Crippen LogP contribution in [-0.4, -0.2) is 18.1 Å². The van der Waals surface area contributed by atoms with Crippen LogP contribution in [0.15, 0.2) is 30.3 Å². The third-order valence-corrected chi connectivity index (χ3v) is 3.45. The smallest absolute Gasteiger partial charge is 0.338 e. The quantitative estimate of drug-likeness (QED) is 0.689. The van der Waals surface area contributed by atoms with Crippen molar-refractivity contribution in [1.82, 2.24) is 4.98 Å². The summed E-state index contributed by atoms with van der Waals surface area (Å²) in [6.45, 7) is 0.0101. The van der Waals surface area contributed by atoms with Crippen LogP contribution in [0.3, 0.4) is 0 Å². The Balaban J connectivity index is 2.08. The lowest BCUT2D eigenvalue weighted by atomic mass is 10.2. The molecule has 0 unspecified atom stereocenters. The first-order chi connectivity index (χ1) is 10.0. The molecule has 2 N–H and O–H groups in total. The fraction of sp³-hybridized carbons (Fsp3) is 0.143. The Morgan fingerprint density at radius 2 is 2.10 bits per heavy atom. The van der Waals surface area contributed by atoms with Crippen molar-refractivity contribution >= 4 is 34.9 Å². The molecule has 0 aliphatic rings. The van der Waals surface area contributed by atoms with Gasteiger partial charge in [-0.15, -0.1) is 0 Å². The largest absolute Gasteiger partial charge is 0.481 e. The Morgan fingerprint density at radius 1 is 1.33 bits per heavy atom. The minimum atomic E-state index is -0.565. The van der Waals surface area contributed by atoms with Crippen LogP contribution in [0, 0.1) is 0 Å². The summed E-state index contributed by atoms with van der Waals surface area (Å²) in [6.07, 6.45) is 0. The number of ether oxygens (including phenoxy) is 2. The molecule has 5 nitrogen and oxygen atoms in total. The van der Waals surface area contributed by atoms with Gasteiger partial charge in [0.1, 0.15) is 6.61 Å². The summed E-state index contributed by atoms with van der Waals surface area (Å²) < 4.78 is 10.1. The number of nitrogens with zero attached hydrogens (tertiary/aromatic N) is 1. The highest BCUT2D eigenvalue weighted by Crippen LogP contribution is 2.29. The van der Waals surface area contributed by atoms with E-state index in [2.05, 4.69) is 4.98 Å². The average Bonchev–Trinajstić information content (AvgIpc) is 2.50. The number of carbonyl (C=O) groups is 1. The lowest BCUT2D eigenvalue weighted by Gasteiger charge is -2.08. The molecular weight excluding hydrogens is 315 g/mol. The van der Waals surface area contributed by atoms with Gasteiger partial charge in [0, 0.05) is 6.07 Å². The van der Waals surface area contributed by atoms with Gasteiger partial charge in [0.05, 0.1) is 34.1 Å². The molecule has 0 atom stereocenters. The van der Waals surface area contributed by atoms with Crippen LogP contribution in [0.2, 0.25) is 10.0 Å². The SMILES string of the molecule is COc1cccc(COC(=O)c2cc(N)c(Cl)c(Cl)c2)n1. The number of nitrogens with two attached hydrogens (primary N) is 1. The summed E-state index contributed by atoms with van der Waals surface area (Å²) in [5.74, 6) is -0.118. The van der Waals surface area contributed by atoms with E-state index in [1.165, 1.54) is 19.2 Å². The van der Waals surface area contributed by atoms with Crippen LogP contribution in [0.1, 0.15) is 16.1 Å². The van der Waals surface area contributed by atoms with Gasteiger partial charge in [-0.2, -0.15) is 0 Å². The number of hydrogen-bond acceptors (Lipinski definition) is 5. The molecule has 7 heteroatoms. The van der Waals surface area contributed by atoms with Crippen molar-refractivity contribution < 1.29 is 14.3 Å². The number of methoxy groups -OCH3 is 1. The Labute approximate surface area is 131 Å². The number of halogens is 2. The monoisotopic (exact) mass is 326 g/mol. The fourth-order valence-corrected chi connectivity index (χ4v) is 1.94. The molecule has 0 spiro atoms. The molecule has 1 aromatic heterocycles. The minimum absolute atomic E-state index is 0.0101. The van der Waals surface area contributed by atoms with Crippen LogP contribution in [0.25, 0.3) is 0 Å². The first-order valence-electron chi connectivity index (χ1n) is 5.93. The third kappa shape index (κ3) is 3.77. The molecule has 110 valence electrons. The van der Waals surface area contributed by atoms with Gasteiger partial charge < -0.3 is 15.2 Å². The zero-order chi connectivity index (χ0) is 15.4. The van der Waals surface area contributed by atoms with Crippen LogP contribution >= 0.6 is 23.2 Å². The van der Waals surface area contributed by atoms with E-state index < -0.39 is 5.97 Å². The van der Waals surface area contributed by atoms with Gasteiger partial charge in [0.25, 0.3) is 0 Å². The van der Waals surface area contributed by atoms with Crippen molar-refractivity contribution in [3.05, 3.63) is 51.6 Å². The first kappa shape index (κ1) is 15.4. The van der Waals surface area contributed by atoms with E-state index in [-0.39, 0.29) is 27.9 Å². The molecule has 21 heavy (non-hydrogen) atoms. The molecule has 1 heterocycles. The summed E-state index contributed by atoms with van der Waals surface area (Å²) >= 11 is 11.7. The van der Waals surface area contributed by atoms with Gasteiger partial charge in [-0.25, -0.2) is 9.78 Å². The van der Waals surface area contributed by atoms with E-state index >= 15 is 0 Å². The predicted octanol–water partition coefficient (Wildman–Crippen LogP) is 3.34. The van der Waals surface area contributed by atoms with Crippen LogP contribution in [0.5, 0.6) is 5.88 Å². The number of nitrogen functional groups attached to an aromatic ring is 1. The predicted molar refractivity (Wildman–Crippen MR) is 80.8 cm³/mol. The van der Waals surface area contributed by atoms with Crippen molar-refractivity contribution in [3.63, 3.8) is 0 Å². The standard InChI is InChI=1S/C14H12Cl2N2O3/c1-20-12-4-2-3-9(18-12)7-21-14(19)8-5-10(15)13(16)11(17)6-8/h2-6H,7,17H2,1H3. The summed E-state index contributed by atoms with van der Waals surface area (Å²) in [4.78, 5) is 16.1. The summed E-state index contributed by atoms with van der Waals surface area (Å²) in [6, 6.07) is 7.99. The second-order valence-electron chi connectivity index (χ2n) is 4.11. The number of anilines is 1. The van der Waals surface area contributed by atoms with Gasteiger partial charge in [-0.3, -0.25) is 0 Å². The van der Waals surface area contributed by atoms with E-state index in [0.29, 0.717) is 11.6 Å². The van der Waals surface area contributed by atoms with Crippen molar-refractivity contribution in [2.24, 2.45) is 0 Å². The van der Waals surface area contributed by atoms with Crippen molar-refractivity contribution in [3.8, 4) is 5.88 Å². The van der Waals surface area contributed by atoms with Crippen LogP contribution < -0.4 is 10.5 Å². The lowest BCUT2D eigenvalue weighted by Crippen LogP contribution is -2.07. The summed E-state index contributed by atoms with van der Waals surface area (Å²) in [5, 5.41) is 0.408. The van der Waals surface area contributed by atoms with Gasteiger partial charge in [-0.1, -0.05) is 29.3 Å².